The minimum atomic E-state index is -1.39. The van der Waals surface area contributed by atoms with E-state index in [1.54, 1.807) is 20.8 Å². The molecule has 0 saturated heterocycles. The maximum Gasteiger partial charge on any atom is 0.412 e. The van der Waals surface area contributed by atoms with Gasteiger partial charge in [-0.1, -0.05) is 11.6 Å². The van der Waals surface area contributed by atoms with E-state index in [1.165, 1.54) is 18.2 Å². The SMILES string of the molecule is CC(C)(C)OC(=O)Nc1ccc(Cl)c(C(C=O)C(=O)O)c1. The highest BCUT2D eigenvalue weighted by Crippen LogP contribution is 2.27. The van der Waals surface area contributed by atoms with Crippen LogP contribution in [0, 0.1) is 0 Å². The van der Waals surface area contributed by atoms with Gasteiger partial charge in [0.1, 0.15) is 17.8 Å². The summed E-state index contributed by atoms with van der Waals surface area (Å²) >= 11 is 5.89. The van der Waals surface area contributed by atoms with Crippen molar-refractivity contribution < 1.29 is 24.2 Å². The Bertz CT molecular complexity index is 565. The monoisotopic (exact) mass is 313 g/mol. The largest absolute Gasteiger partial charge is 0.480 e. The average Bonchev–Trinajstić information content (AvgIpc) is 2.31. The topological polar surface area (TPSA) is 92.7 Å². The van der Waals surface area contributed by atoms with E-state index in [2.05, 4.69) is 5.32 Å². The van der Waals surface area contributed by atoms with Crippen LogP contribution in [0.3, 0.4) is 0 Å². The Kier molecular flexibility index (Phi) is 5.32. The van der Waals surface area contributed by atoms with Crippen LogP contribution in [0.2, 0.25) is 5.02 Å². The predicted molar refractivity (Wildman–Crippen MR) is 77.7 cm³/mol. The van der Waals surface area contributed by atoms with Crippen molar-refractivity contribution >= 4 is 35.6 Å². The van der Waals surface area contributed by atoms with Gasteiger partial charge in [0, 0.05) is 10.7 Å². The highest BCUT2D eigenvalue weighted by Gasteiger charge is 2.23. The molecule has 6 nitrogen and oxygen atoms in total. The number of aliphatic carboxylic acids is 1. The van der Waals surface area contributed by atoms with Crippen LogP contribution in [0.4, 0.5) is 10.5 Å². The molecule has 0 aromatic heterocycles. The molecule has 0 fully saturated rings. The van der Waals surface area contributed by atoms with E-state index in [0.717, 1.165) is 0 Å². The molecule has 21 heavy (non-hydrogen) atoms. The number of ether oxygens (including phenoxy) is 1. The van der Waals surface area contributed by atoms with Crippen LogP contribution in [-0.2, 0) is 14.3 Å². The van der Waals surface area contributed by atoms with Crippen LogP contribution in [0.25, 0.3) is 0 Å². The number of anilines is 1. The molecule has 0 radical (unpaired) electrons. The molecule has 0 bridgehead atoms. The first-order chi connectivity index (χ1) is 9.64. The first-order valence-electron chi connectivity index (χ1n) is 6.11. The molecule has 7 heteroatoms. The number of hydrogen-bond acceptors (Lipinski definition) is 4. The second-order valence-corrected chi connectivity index (χ2v) is 5.72. The number of carboxylic acids is 1. The van der Waals surface area contributed by atoms with Crippen molar-refractivity contribution in [2.24, 2.45) is 0 Å². The molecule has 0 spiro atoms. The van der Waals surface area contributed by atoms with Gasteiger partial charge in [-0.2, -0.15) is 0 Å². The Labute approximate surface area is 127 Å². The van der Waals surface area contributed by atoms with Crippen molar-refractivity contribution in [2.75, 3.05) is 5.32 Å². The molecule has 1 unspecified atom stereocenters. The zero-order valence-corrected chi connectivity index (χ0v) is 12.6. The number of aldehydes is 1. The van der Waals surface area contributed by atoms with Crippen LogP contribution in [0.15, 0.2) is 18.2 Å². The third kappa shape index (κ3) is 5.07. The second-order valence-electron chi connectivity index (χ2n) is 5.32. The van der Waals surface area contributed by atoms with E-state index in [1.807, 2.05) is 0 Å². The molecule has 0 aliphatic carbocycles. The second kappa shape index (κ2) is 6.58. The number of carboxylic acid groups (broad SMARTS) is 1. The minimum absolute atomic E-state index is 0.104. The van der Waals surface area contributed by atoms with Crippen molar-refractivity contribution in [3.05, 3.63) is 28.8 Å². The van der Waals surface area contributed by atoms with Gasteiger partial charge in [0.25, 0.3) is 0 Å². The molecule has 2 N–H and O–H groups in total. The van der Waals surface area contributed by atoms with Crippen LogP contribution in [0.5, 0.6) is 0 Å². The highest BCUT2D eigenvalue weighted by molar-refractivity contribution is 6.32. The Morgan fingerprint density at radius 1 is 1.38 bits per heavy atom. The first kappa shape index (κ1) is 17.0. The summed E-state index contributed by atoms with van der Waals surface area (Å²) < 4.78 is 5.08. The van der Waals surface area contributed by atoms with E-state index in [0.29, 0.717) is 0 Å². The molecule has 1 aromatic carbocycles. The molecule has 1 rings (SSSR count). The molecule has 1 atom stereocenters. The molecule has 0 aliphatic rings. The number of benzene rings is 1. The summed E-state index contributed by atoms with van der Waals surface area (Å²) in [5, 5.41) is 11.6. The lowest BCUT2D eigenvalue weighted by atomic mass is 10.0. The van der Waals surface area contributed by atoms with Gasteiger partial charge < -0.3 is 14.6 Å². The number of hydrogen-bond donors (Lipinski definition) is 2. The van der Waals surface area contributed by atoms with Crippen molar-refractivity contribution in [1.82, 2.24) is 0 Å². The molecular weight excluding hydrogens is 298 g/mol. The summed E-state index contributed by atoms with van der Waals surface area (Å²) in [4.78, 5) is 33.5. The quantitative estimate of drug-likeness (QED) is 0.658. The summed E-state index contributed by atoms with van der Waals surface area (Å²) in [5.41, 5.74) is -0.268. The third-order valence-corrected chi connectivity index (χ3v) is 2.72. The summed E-state index contributed by atoms with van der Waals surface area (Å²) in [6, 6.07) is 4.22. The van der Waals surface area contributed by atoms with Crippen LogP contribution in [0.1, 0.15) is 32.3 Å². The summed E-state index contributed by atoms with van der Waals surface area (Å²) in [6.07, 6.45) is -0.408. The van der Waals surface area contributed by atoms with Gasteiger partial charge in [-0.05, 0) is 44.5 Å². The smallest absolute Gasteiger partial charge is 0.412 e. The van der Waals surface area contributed by atoms with Gasteiger partial charge >= 0.3 is 12.1 Å². The standard InChI is InChI=1S/C14H16ClNO5/c1-14(2,3)21-13(20)16-8-4-5-11(15)9(6-8)10(7-17)12(18)19/h4-7,10H,1-3H3,(H,16,20)(H,18,19). The van der Waals surface area contributed by atoms with Crippen molar-refractivity contribution in [2.45, 2.75) is 32.3 Å². The molecule has 0 heterocycles. The van der Waals surface area contributed by atoms with Crippen molar-refractivity contribution in [3.8, 4) is 0 Å². The van der Waals surface area contributed by atoms with Gasteiger partial charge in [-0.3, -0.25) is 10.1 Å². The van der Waals surface area contributed by atoms with Crippen LogP contribution >= 0.6 is 11.6 Å². The van der Waals surface area contributed by atoms with E-state index in [-0.39, 0.29) is 22.6 Å². The van der Waals surface area contributed by atoms with E-state index in [9.17, 15) is 14.4 Å². The number of rotatable bonds is 4. The lowest BCUT2D eigenvalue weighted by Gasteiger charge is -2.20. The van der Waals surface area contributed by atoms with E-state index >= 15 is 0 Å². The maximum atomic E-state index is 11.6. The zero-order chi connectivity index (χ0) is 16.2. The number of carbonyl (C=O) groups is 3. The number of amides is 1. The fourth-order valence-corrected chi connectivity index (χ4v) is 1.78. The fraction of sp³-hybridized carbons (Fsp3) is 0.357. The van der Waals surface area contributed by atoms with E-state index in [4.69, 9.17) is 21.4 Å². The van der Waals surface area contributed by atoms with Crippen molar-refractivity contribution in [3.63, 3.8) is 0 Å². The zero-order valence-electron chi connectivity index (χ0n) is 11.8. The number of carbonyl (C=O) groups excluding carboxylic acids is 2. The van der Waals surface area contributed by atoms with Gasteiger partial charge in [-0.25, -0.2) is 4.79 Å². The Hall–Kier alpha value is -2.08. The molecule has 114 valence electrons. The Morgan fingerprint density at radius 2 is 2.00 bits per heavy atom. The lowest BCUT2D eigenvalue weighted by molar-refractivity contribution is -0.140. The Morgan fingerprint density at radius 3 is 2.48 bits per heavy atom. The molecular formula is C14H16ClNO5. The van der Waals surface area contributed by atoms with Gasteiger partial charge in [0.05, 0.1) is 0 Å². The van der Waals surface area contributed by atoms with Gasteiger partial charge in [0.15, 0.2) is 0 Å². The summed E-state index contributed by atoms with van der Waals surface area (Å²) in [6.45, 7) is 5.14. The van der Waals surface area contributed by atoms with Crippen LogP contribution in [-0.4, -0.2) is 29.1 Å². The highest BCUT2D eigenvalue weighted by atomic mass is 35.5. The molecule has 1 aromatic rings. The Balaban J connectivity index is 2.99. The molecule has 0 aliphatic heterocycles. The fourth-order valence-electron chi connectivity index (χ4n) is 1.55. The van der Waals surface area contributed by atoms with E-state index < -0.39 is 23.6 Å². The summed E-state index contributed by atoms with van der Waals surface area (Å²) in [5.74, 6) is -2.71. The molecule has 0 saturated carbocycles. The number of halogens is 1. The van der Waals surface area contributed by atoms with Gasteiger partial charge in [-0.15, -0.1) is 0 Å². The van der Waals surface area contributed by atoms with Crippen molar-refractivity contribution in [1.29, 1.82) is 0 Å². The third-order valence-electron chi connectivity index (χ3n) is 2.38. The maximum absolute atomic E-state index is 11.6. The minimum Gasteiger partial charge on any atom is -0.480 e. The predicted octanol–water partition coefficient (Wildman–Crippen LogP) is 3.05. The first-order valence-corrected chi connectivity index (χ1v) is 6.49. The number of nitrogens with one attached hydrogen (secondary N) is 1. The molecule has 1 amide bonds. The average molecular weight is 314 g/mol. The lowest BCUT2D eigenvalue weighted by Crippen LogP contribution is -2.27. The van der Waals surface area contributed by atoms with Gasteiger partial charge in [0.2, 0.25) is 0 Å². The normalized spacial score (nSPS) is 12.4. The van der Waals surface area contributed by atoms with Crippen LogP contribution < -0.4 is 5.32 Å². The summed E-state index contributed by atoms with van der Waals surface area (Å²) in [7, 11) is 0.